The zero-order chi connectivity index (χ0) is 14.0. The van der Waals surface area contributed by atoms with Crippen LogP contribution in [0, 0.1) is 5.92 Å². The molecule has 0 aliphatic rings. The van der Waals surface area contributed by atoms with Crippen LogP contribution in [0.3, 0.4) is 0 Å². The lowest BCUT2D eigenvalue weighted by Gasteiger charge is -2.06. The fourth-order valence-corrected chi connectivity index (χ4v) is 2.62. The molecule has 0 fully saturated rings. The molecule has 0 aliphatic heterocycles. The van der Waals surface area contributed by atoms with E-state index in [9.17, 15) is 8.42 Å². The van der Waals surface area contributed by atoms with E-state index in [0.717, 1.165) is 12.0 Å². The van der Waals surface area contributed by atoms with E-state index < -0.39 is 10.0 Å². The maximum absolute atomic E-state index is 11.4. The fourth-order valence-electron chi connectivity index (χ4n) is 1.98. The summed E-state index contributed by atoms with van der Waals surface area (Å²) < 4.78 is 22.8. The predicted octanol–water partition coefficient (Wildman–Crippen LogP) is 1.92. The molecule has 2 rings (SSSR count). The number of sulfonamides is 1. The summed E-state index contributed by atoms with van der Waals surface area (Å²) in [5.41, 5.74) is 2.41. The summed E-state index contributed by atoms with van der Waals surface area (Å²) in [5.74, 6) is 0.581. The third-order valence-corrected chi connectivity index (χ3v) is 3.72. The molecule has 1 aromatic carbocycles. The Morgan fingerprint density at radius 2 is 1.89 bits per heavy atom. The van der Waals surface area contributed by atoms with Crippen molar-refractivity contribution in [3.8, 4) is 11.3 Å². The van der Waals surface area contributed by atoms with Crippen LogP contribution in [0.1, 0.15) is 19.4 Å². The van der Waals surface area contributed by atoms with Crippen molar-refractivity contribution in [2.45, 2.75) is 25.2 Å². The lowest BCUT2D eigenvalue weighted by molar-refractivity contribution is 0.598. The summed E-state index contributed by atoms with van der Waals surface area (Å²) in [5, 5.41) is 11.6. The monoisotopic (exact) mass is 279 g/mol. The topological polar surface area (TPSA) is 88.8 Å². The Bertz CT molecular complexity index is 657. The largest absolute Gasteiger partial charge is 0.276 e. The molecule has 0 atom stereocenters. The van der Waals surface area contributed by atoms with Crippen LogP contribution in [0.25, 0.3) is 11.3 Å². The van der Waals surface area contributed by atoms with E-state index >= 15 is 0 Å². The molecule has 0 saturated carbocycles. The lowest BCUT2D eigenvalue weighted by Crippen LogP contribution is -2.12. The van der Waals surface area contributed by atoms with E-state index in [0.29, 0.717) is 11.6 Å². The van der Waals surface area contributed by atoms with Crippen LogP contribution in [-0.2, 0) is 16.4 Å². The van der Waals surface area contributed by atoms with Crippen molar-refractivity contribution in [3.63, 3.8) is 0 Å². The molecule has 1 heterocycles. The Morgan fingerprint density at radius 3 is 2.42 bits per heavy atom. The molecule has 0 saturated heterocycles. The maximum atomic E-state index is 11.4. The van der Waals surface area contributed by atoms with Crippen molar-refractivity contribution in [2.24, 2.45) is 11.1 Å². The number of H-pyrrole nitrogens is 1. The zero-order valence-electron chi connectivity index (χ0n) is 10.9. The number of nitrogens with zero attached hydrogens (tertiary/aromatic N) is 1. The third kappa shape index (κ3) is 3.21. The average Bonchev–Trinajstić information content (AvgIpc) is 2.77. The van der Waals surface area contributed by atoms with Crippen LogP contribution in [0.2, 0.25) is 0 Å². The van der Waals surface area contributed by atoms with Gasteiger partial charge in [-0.2, -0.15) is 5.10 Å². The highest BCUT2D eigenvalue weighted by atomic mass is 32.2. The van der Waals surface area contributed by atoms with Gasteiger partial charge in [-0.05, 0) is 17.9 Å². The molecule has 102 valence electrons. The summed E-state index contributed by atoms with van der Waals surface area (Å²) >= 11 is 0. The number of benzene rings is 1. The van der Waals surface area contributed by atoms with Gasteiger partial charge in [0.1, 0.15) is 4.90 Å². The van der Waals surface area contributed by atoms with E-state index in [1.807, 2.05) is 24.3 Å². The van der Waals surface area contributed by atoms with Gasteiger partial charge in [0, 0.05) is 5.56 Å². The second-order valence-corrected chi connectivity index (χ2v) is 6.48. The molecule has 0 aliphatic carbocycles. The van der Waals surface area contributed by atoms with Gasteiger partial charge in [0.05, 0.1) is 11.9 Å². The number of hydrogen-bond acceptors (Lipinski definition) is 3. The molecule has 1 aromatic heterocycles. The molecule has 0 amide bonds. The fraction of sp³-hybridized carbons (Fsp3) is 0.308. The Balaban J connectivity index is 2.36. The summed E-state index contributed by atoms with van der Waals surface area (Å²) in [6, 6.07) is 7.73. The second-order valence-electron chi connectivity index (χ2n) is 4.95. The van der Waals surface area contributed by atoms with E-state index in [-0.39, 0.29) is 4.90 Å². The quantitative estimate of drug-likeness (QED) is 0.896. The lowest BCUT2D eigenvalue weighted by atomic mass is 10.0. The first-order valence-electron chi connectivity index (χ1n) is 6.03. The number of aromatic nitrogens is 2. The van der Waals surface area contributed by atoms with E-state index in [4.69, 9.17) is 5.14 Å². The molecule has 3 N–H and O–H groups in total. The van der Waals surface area contributed by atoms with Crippen molar-refractivity contribution in [2.75, 3.05) is 0 Å². The highest BCUT2D eigenvalue weighted by Crippen LogP contribution is 2.24. The van der Waals surface area contributed by atoms with Gasteiger partial charge in [0.25, 0.3) is 0 Å². The minimum atomic E-state index is -3.76. The predicted molar refractivity (Wildman–Crippen MR) is 73.9 cm³/mol. The minimum absolute atomic E-state index is 0.0177. The molecule has 0 unspecified atom stereocenters. The van der Waals surface area contributed by atoms with Gasteiger partial charge in [-0.3, -0.25) is 5.10 Å². The first-order valence-corrected chi connectivity index (χ1v) is 7.58. The summed E-state index contributed by atoms with van der Waals surface area (Å²) in [7, 11) is -3.76. The number of rotatable bonds is 4. The number of aromatic amines is 1. The molecule has 5 nitrogen and oxygen atoms in total. The number of nitrogens with two attached hydrogens (primary N) is 1. The van der Waals surface area contributed by atoms with E-state index in [1.165, 1.54) is 11.8 Å². The number of primary sulfonamides is 1. The highest BCUT2D eigenvalue weighted by molar-refractivity contribution is 7.89. The molecule has 0 spiro atoms. The molecule has 0 radical (unpaired) electrons. The van der Waals surface area contributed by atoms with Crippen LogP contribution in [-0.4, -0.2) is 18.6 Å². The van der Waals surface area contributed by atoms with E-state index in [1.54, 1.807) is 0 Å². The van der Waals surface area contributed by atoms with Crippen LogP contribution in [0.15, 0.2) is 35.4 Å². The van der Waals surface area contributed by atoms with Crippen molar-refractivity contribution >= 4 is 10.0 Å². The van der Waals surface area contributed by atoms with Gasteiger partial charge < -0.3 is 0 Å². The SMILES string of the molecule is CC(C)Cc1ccc(-c2[nH]ncc2S(N)(=O)=O)cc1. The standard InChI is InChI=1S/C13H17N3O2S/c1-9(2)7-10-3-5-11(6-4-10)13-12(8-15-16-13)19(14,17)18/h3-6,8-9H,7H2,1-2H3,(H,15,16)(H2,14,17,18). The van der Waals surface area contributed by atoms with Gasteiger partial charge in [0.15, 0.2) is 0 Å². The third-order valence-electron chi connectivity index (χ3n) is 2.80. The normalized spacial score (nSPS) is 12.0. The van der Waals surface area contributed by atoms with Crippen molar-refractivity contribution in [3.05, 3.63) is 36.0 Å². The van der Waals surface area contributed by atoms with Gasteiger partial charge >= 0.3 is 0 Å². The molecule has 19 heavy (non-hydrogen) atoms. The number of hydrogen-bond donors (Lipinski definition) is 2. The van der Waals surface area contributed by atoms with Gasteiger partial charge in [-0.15, -0.1) is 0 Å². The molecule has 2 aromatic rings. The summed E-state index contributed by atoms with van der Waals surface area (Å²) in [6.45, 7) is 4.31. The molecule has 6 heteroatoms. The summed E-state index contributed by atoms with van der Waals surface area (Å²) in [4.78, 5) is 0.0177. The van der Waals surface area contributed by atoms with Crippen LogP contribution in [0.5, 0.6) is 0 Å². The van der Waals surface area contributed by atoms with Crippen molar-refractivity contribution < 1.29 is 8.42 Å². The second kappa shape index (κ2) is 5.14. The average molecular weight is 279 g/mol. The molecule has 0 bridgehead atoms. The van der Waals surface area contributed by atoms with E-state index in [2.05, 4.69) is 24.0 Å². The first-order chi connectivity index (χ1) is 8.88. The smallest absolute Gasteiger partial charge is 0.241 e. The Morgan fingerprint density at radius 1 is 1.26 bits per heavy atom. The molecular formula is C13H17N3O2S. The van der Waals surface area contributed by atoms with Gasteiger partial charge in [0.2, 0.25) is 10.0 Å². The van der Waals surface area contributed by atoms with Crippen LogP contribution in [0.4, 0.5) is 0 Å². The van der Waals surface area contributed by atoms with Crippen LogP contribution < -0.4 is 5.14 Å². The minimum Gasteiger partial charge on any atom is -0.276 e. The molecular weight excluding hydrogens is 262 g/mol. The number of nitrogens with one attached hydrogen (secondary N) is 1. The van der Waals surface area contributed by atoms with Crippen molar-refractivity contribution in [1.29, 1.82) is 0 Å². The Labute approximate surface area is 112 Å². The summed E-state index contributed by atoms with van der Waals surface area (Å²) in [6.07, 6.45) is 2.22. The van der Waals surface area contributed by atoms with Crippen molar-refractivity contribution in [1.82, 2.24) is 10.2 Å². The zero-order valence-corrected chi connectivity index (χ0v) is 11.7. The first kappa shape index (κ1) is 13.8. The maximum Gasteiger partial charge on any atom is 0.241 e. The highest BCUT2D eigenvalue weighted by Gasteiger charge is 2.17. The van der Waals surface area contributed by atoms with Gasteiger partial charge in [-0.1, -0.05) is 38.1 Å². The van der Waals surface area contributed by atoms with Gasteiger partial charge in [-0.25, -0.2) is 13.6 Å². The Kier molecular flexibility index (Phi) is 3.73. The van der Waals surface area contributed by atoms with Crippen LogP contribution >= 0.6 is 0 Å². The Hall–Kier alpha value is -1.66.